The van der Waals surface area contributed by atoms with Gasteiger partial charge < -0.3 is 60.5 Å². The number of aromatic hydroxyl groups is 1. The summed E-state index contributed by atoms with van der Waals surface area (Å²) in [4.78, 5) is 29.0. The Morgan fingerprint density at radius 2 is 0.707 bits per heavy atom. The van der Waals surface area contributed by atoms with Gasteiger partial charge in [-0.1, -0.05) is 12.1 Å². The third-order valence-electron chi connectivity index (χ3n) is 29.3. The number of phenolic OH excluding ortho intramolecular Hbond substituents is 1. The molecule has 8 N–H and O–H groups in total. The zero-order chi connectivity index (χ0) is 62.9. The largest absolute Gasteiger partial charge is 0.508 e. The predicted molar refractivity (Wildman–Crippen MR) is 355 cm³/mol. The molecule has 2 aliphatic heterocycles. The summed E-state index contributed by atoms with van der Waals surface area (Å²) in [7, 11) is 0. The van der Waals surface area contributed by atoms with E-state index in [4.69, 9.17) is 9.47 Å². The molecule has 1 aromatic rings. The number of benzene rings is 1. The van der Waals surface area contributed by atoms with Gasteiger partial charge in [-0.15, -0.1) is 0 Å². The molecule has 19 saturated carbocycles. The molecule has 21 aliphatic rings. The molecule has 0 aromatic heterocycles. The standard InChI is InChI=1S/2C20H31NO3.C19H33NO2.C19H27NO2/c2*22-17-3-1-16(2-4-17)18-11-21(19(23)24-18)12-20-8-13-5-14(9-20)7-15(6-13)10-20;2*21-17-3-1-16(2-4-17)18(22)11-20-12-19-8-13-5-14(9-19)7-15(6-13)10-19/h2*13-18,22H,1-12H2;13-18,20-22H,1-12H2;1-4,13-15,18,20-22H,5-12H2. The van der Waals surface area contributed by atoms with Crippen molar-refractivity contribution in [1.82, 2.24) is 20.4 Å². The van der Waals surface area contributed by atoms with Crippen LogP contribution in [0.5, 0.6) is 5.75 Å². The molecule has 1 aromatic carbocycles. The highest BCUT2D eigenvalue weighted by molar-refractivity contribution is 5.70. The van der Waals surface area contributed by atoms with Gasteiger partial charge in [0.2, 0.25) is 0 Å². The van der Waals surface area contributed by atoms with Crippen LogP contribution in [0.3, 0.4) is 0 Å². The fraction of sp³-hybridized carbons (Fsp3) is 0.897. The van der Waals surface area contributed by atoms with E-state index in [1.165, 1.54) is 154 Å². The Morgan fingerprint density at radius 1 is 0.413 bits per heavy atom. The molecular weight excluding hydrogens is 1150 g/mol. The minimum absolute atomic E-state index is 0.0677. The van der Waals surface area contributed by atoms with Crippen molar-refractivity contribution in [3.8, 4) is 5.75 Å². The van der Waals surface area contributed by atoms with E-state index < -0.39 is 6.10 Å². The maximum atomic E-state index is 12.5. The van der Waals surface area contributed by atoms with Gasteiger partial charge in [0.1, 0.15) is 18.0 Å². The highest BCUT2D eigenvalue weighted by atomic mass is 16.6. The number of ether oxygens (including phenoxy) is 2. The summed E-state index contributed by atoms with van der Waals surface area (Å²) >= 11 is 0. The molecular formula is C78H122N4O10. The van der Waals surface area contributed by atoms with E-state index >= 15 is 0 Å². The maximum absolute atomic E-state index is 12.5. The van der Waals surface area contributed by atoms with Crippen LogP contribution in [-0.2, 0) is 9.47 Å². The fourth-order valence-electron chi connectivity index (χ4n) is 27.0. The van der Waals surface area contributed by atoms with Gasteiger partial charge in [-0.2, -0.15) is 0 Å². The Balaban J connectivity index is 0.000000102. The molecule has 14 nitrogen and oxygen atoms in total. The Labute approximate surface area is 552 Å². The van der Waals surface area contributed by atoms with Gasteiger partial charge in [-0.05, 0) is 359 Å². The van der Waals surface area contributed by atoms with Crippen LogP contribution in [0.4, 0.5) is 9.59 Å². The molecule has 2 saturated heterocycles. The van der Waals surface area contributed by atoms with E-state index in [1.54, 1.807) is 24.3 Å². The first-order valence-corrected chi connectivity index (χ1v) is 38.9. The predicted octanol–water partition coefficient (Wildman–Crippen LogP) is 13.1. The van der Waals surface area contributed by atoms with Crippen molar-refractivity contribution in [3.63, 3.8) is 0 Å². The Bertz CT molecular complexity index is 2410. The van der Waals surface area contributed by atoms with E-state index in [9.17, 15) is 40.2 Å². The van der Waals surface area contributed by atoms with Crippen LogP contribution in [0.1, 0.15) is 243 Å². The third kappa shape index (κ3) is 14.8. The highest BCUT2D eigenvalue weighted by Crippen LogP contribution is 2.64. The lowest BCUT2D eigenvalue weighted by Gasteiger charge is -2.57. The lowest BCUT2D eigenvalue weighted by atomic mass is 9.49. The van der Waals surface area contributed by atoms with Crippen LogP contribution < -0.4 is 10.6 Å². The van der Waals surface area contributed by atoms with Crippen molar-refractivity contribution < 1.29 is 49.7 Å². The minimum atomic E-state index is -0.491. The second kappa shape index (κ2) is 27.2. The molecule has 14 heteroatoms. The number of nitrogens with zero attached hydrogens (tertiary/aromatic N) is 2. The summed E-state index contributed by atoms with van der Waals surface area (Å²) in [6.45, 7) is 7.02. The van der Waals surface area contributed by atoms with E-state index in [0.717, 1.165) is 199 Å². The van der Waals surface area contributed by atoms with Crippen LogP contribution in [0.15, 0.2) is 24.3 Å². The van der Waals surface area contributed by atoms with Crippen molar-refractivity contribution in [2.45, 2.75) is 274 Å². The van der Waals surface area contributed by atoms with Crippen LogP contribution in [-0.4, -0.2) is 142 Å². The molecule has 92 heavy (non-hydrogen) atoms. The van der Waals surface area contributed by atoms with Crippen LogP contribution in [0, 0.1) is 110 Å². The number of rotatable bonds is 16. The molecule has 4 unspecified atom stereocenters. The average Bonchev–Trinajstić information content (AvgIpc) is 0.939. The van der Waals surface area contributed by atoms with Crippen molar-refractivity contribution >= 4 is 12.2 Å². The number of hydrogen-bond donors (Lipinski definition) is 8. The molecule has 21 fully saturated rings. The van der Waals surface area contributed by atoms with Crippen LogP contribution >= 0.6 is 0 Å². The molecule has 4 atom stereocenters. The lowest BCUT2D eigenvalue weighted by molar-refractivity contribution is -0.0629. The topological polar surface area (TPSA) is 205 Å². The third-order valence-corrected chi connectivity index (χ3v) is 29.3. The summed E-state index contributed by atoms with van der Waals surface area (Å²) in [5.74, 6) is 13.2. The van der Waals surface area contributed by atoms with Crippen molar-refractivity contribution in [2.24, 2.45) is 110 Å². The summed E-state index contributed by atoms with van der Waals surface area (Å²) in [6.07, 6.45) is 44.4. The number of aliphatic hydroxyl groups excluding tert-OH is 5. The van der Waals surface area contributed by atoms with Gasteiger partial charge in [-0.3, -0.25) is 0 Å². The fourth-order valence-corrected chi connectivity index (χ4v) is 27.0. The van der Waals surface area contributed by atoms with E-state index in [1.807, 2.05) is 9.80 Å². The average molecular weight is 1280 g/mol. The van der Waals surface area contributed by atoms with E-state index in [2.05, 4.69) is 10.6 Å². The number of carbonyl (C=O) groups is 2. The van der Waals surface area contributed by atoms with Gasteiger partial charge in [0.15, 0.2) is 0 Å². The zero-order valence-corrected chi connectivity index (χ0v) is 56.3. The SMILES string of the molecule is O=C1OC(C2CCC(O)CC2)CN1CC12CC3CC(CC(C3)C1)C2.O=C1OC(C2CCC(O)CC2)CN1CC12CC3CC(CC(C3)C1)C2.OC1CCC(C(O)CNCC23CC4CC(CC(C4)C2)C3)CC1.Oc1ccc(C(O)CNCC23CC4CC(CC(C4)C2)C3)cc1. The normalized spacial score (nSPS) is 46.8. The number of aliphatic hydroxyl groups is 5. The smallest absolute Gasteiger partial charge is 0.410 e. The first-order valence-electron chi connectivity index (χ1n) is 38.9. The number of amides is 2. The second-order valence-corrected chi connectivity index (χ2v) is 36.9. The summed E-state index contributed by atoms with van der Waals surface area (Å²) in [6, 6.07) is 6.87. The summed E-state index contributed by atoms with van der Waals surface area (Å²) < 4.78 is 11.5. The molecule has 514 valence electrons. The Morgan fingerprint density at radius 3 is 1.03 bits per heavy atom. The van der Waals surface area contributed by atoms with Crippen molar-refractivity contribution in [2.75, 3.05) is 52.4 Å². The highest BCUT2D eigenvalue weighted by Gasteiger charge is 2.56. The second-order valence-electron chi connectivity index (χ2n) is 36.9. The summed E-state index contributed by atoms with van der Waals surface area (Å²) in [5, 5.41) is 66.2. The molecule has 22 rings (SSSR count). The monoisotopic (exact) mass is 1270 g/mol. The van der Waals surface area contributed by atoms with Crippen molar-refractivity contribution in [3.05, 3.63) is 29.8 Å². The maximum Gasteiger partial charge on any atom is 0.410 e. The van der Waals surface area contributed by atoms with Gasteiger partial charge in [0.05, 0.1) is 43.6 Å². The first kappa shape index (κ1) is 65.2. The molecule has 16 bridgehead atoms. The van der Waals surface area contributed by atoms with Crippen LogP contribution in [0.2, 0.25) is 0 Å². The molecule has 19 aliphatic carbocycles. The van der Waals surface area contributed by atoms with Crippen LogP contribution in [0.25, 0.3) is 0 Å². The van der Waals surface area contributed by atoms with Gasteiger partial charge >= 0.3 is 12.2 Å². The molecule has 2 heterocycles. The Kier molecular flexibility index (Phi) is 19.3. The lowest BCUT2D eigenvalue weighted by Crippen LogP contribution is -2.51. The summed E-state index contributed by atoms with van der Waals surface area (Å²) in [5.41, 5.74) is 2.77. The van der Waals surface area contributed by atoms with E-state index in [0.29, 0.717) is 46.0 Å². The number of nitrogens with one attached hydrogen (secondary N) is 2. The zero-order valence-electron chi connectivity index (χ0n) is 56.3. The first-order chi connectivity index (χ1) is 44.4. The van der Waals surface area contributed by atoms with Gasteiger partial charge in [0.25, 0.3) is 0 Å². The number of phenols is 1. The van der Waals surface area contributed by atoms with E-state index in [-0.39, 0.29) is 54.6 Å². The molecule has 2 amide bonds. The molecule has 0 spiro atoms. The molecule has 0 radical (unpaired) electrons. The van der Waals surface area contributed by atoms with Gasteiger partial charge in [-0.25, -0.2) is 9.59 Å². The number of hydrogen-bond acceptors (Lipinski definition) is 12. The Hall–Kier alpha value is -2.72. The van der Waals surface area contributed by atoms with Crippen molar-refractivity contribution in [1.29, 1.82) is 0 Å². The number of carbonyl (C=O) groups excluding carboxylic acids is 2. The quantitative estimate of drug-likeness (QED) is 0.0779. The minimum Gasteiger partial charge on any atom is -0.508 e. The number of cyclic esters (lactones) is 2. The van der Waals surface area contributed by atoms with Gasteiger partial charge in [0, 0.05) is 39.3 Å².